The molecule has 0 aromatic heterocycles. The maximum Gasteiger partial charge on any atom is 0.338 e. The SMILES string of the molecule is COc1cc([C@H]2NC(=O)NC(C)=C2C(=O)OCCOC(C)C)cc(OC)c1OC. The smallest absolute Gasteiger partial charge is 0.338 e. The fourth-order valence-corrected chi connectivity index (χ4v) is 2.98. The van der Waals surface area contributed by atoms with Crippen molar-refractivity contribution in [2.75, 3.05) is 34.5 Å². The fourth-order valence-electron chi connectivity index (χ4n) is 2.98. The fraction of sp³-hybridized carbons (Fsp3) is 0.500. The minimum Gasteiger partial charge on any atom is -0.493 e. The minimum absolute atomic E-state index is 0.0391. The minimum atomic E-state index is -0.754. The lowest BCUT2D eigenvalue weighted by Crippen LogP contribution is -2.45. The average Bonchev–Trinajstić information content (AvgIpc) is 2.68. The largest absolute Gasteiger partial charge is 0.493 e. The van der Waals surface area contributed by atoms with Gasteiger partial charge in [-0.15, -0.1) is 0 Å². The Morgan fingerprint density at radius 1 is 1.07 bits per heavy atom. The van der Waals surface area contributed by atoms with Crippen LogP contribution in [0.3, 0.4) is 0 Å². The van der Waals surface area contributed by atoms with Crippen molar-refractivity contribution in [3.63, 3.8) is 0 Å². The summed E-state index contributed by atoms with van der Waals surface area (Å²) in [5.74, 6) is 0.673. The van der Waals surface area contributed by atoms with Crippen LogP contribution in [0.15, 0.2) is 23.4 Å². The topological polar surface area (TPSA) is 104 Å². The number of benzene rings is 1. The van der Waals surface area contributed by atoms with E-state index in [1.54, 1.807) is 19.1 Å². The molecule has 1 aromatic rings. The van der Waals surface area contributed by atoms with E-state index < -0.39 is 18.0 Å². The first kappa shape index (κ1) is 22.4. The van der Waals surface area contributed by atoms with E-state index in [0.29, 0.717) is 28.5 Å². The van der Waals surface area contributed by atoms with Crippen LogP contribution >= 0.6 is 0 Å². The van der Waals surface area contributed by atoms with Crippen LogP contribution in [0.1, 0.15) is 32.4 Å². The monoisotopic (exact) mass is 408 g/mol. The molecule has 29 heavy (non-hydrogen) atoms. The van der Waals surface area contributed by atoms with Gasteiger partial charge in [-0.3, -0.25) is 0 Å². The predicted octanol–water partition coefficient (Wildman–Crippen LogP) is 2.31. The van der Waals surface area contributed by atoms with Gasteiger partial charge in [0.2, 0.25) is 5.75 Å². The third kappa shape index (κ3) is 5.32. The van der Waals surface area contributed by atoms with E-state index in [-0.39, 0.29) is 24.9 Å². The normalized spacial score (nSPS) is 16.2. The molecule has 1 aromatic carbocycles. The molecule has 0 bridgehead atoms. The Kier molecular flexibility index (Phi) is 7.72. The summed E-state index contributed by atoms with van der Waals surface area (Å²) in [7, 11) is 4.48. The highest BCUT2D eigenvalue weighted by Crippen LogP contribution is 2.41. The van der Waals surface area contributed by atoms with Gasteiger partial charge in [-0.2, -0.15) is 0 Å². The summed E-state index contributed by atoms with van der Waals surface area (Å²) < 4.78 is 26.8. The Balaban J connectivity index is 2.37. The number of nitrogens with one attached hydrogen (secondary N) is 2. The second kappa shape index (κ2) is 10.0. The highest BCUT2D eigenvalue weighted by molar-refractivity contribution is 5.95. The number of hydrogen-bond acceptors (Lipinski definition) is 7. The summed E-state index contributed by atoms with van der Waals surface area (Å²) in [6.45, 7) is 5.82. The first-order valence-corrected chi connectivity index (χ1v) is 9.19. The summed E-state index contributed by atoms with van der Waals surface area (Å²) in [4.78, 5) is 24.8. The van der Waals surface area contributed by atoms with Gasteiger partial charge in [0.25, 0.3) is 0 Å². The maximum atomic E-state index is 12.8. The molecule has 9 nitrogen and oxygen atoms in total. The zero-order valence-electron chi connectivity index (χ0n) is 17.6. The molecule has 2 amide bonds. The van der Waals surface area contributed by atoms with Gasteiger partial charge in [-0.05, 0) is 38.5 Å². The molecule has 0 spiro atoms. The molecule has 0 fully saturated rings. The summed E-state index contributed by atoms with van der Waals surface area (Å²) in [6, 6.07) is 2.18. The van der Waals surface area contributed by atoms with Crippen molar-refractivity contribution in [2.24, 2.45) is 0 Å². The number of amides is 2. The van der Waals surface area contributed by atoms with Crippen LogP contribution in [0.4, 0.5) is 4.79 Å². The summed E-state index contributed by atoms with van der Waals surface area (Å²) in [6.07, 6.45) is 0.0391. The lowest BCUT2D eigenvalue weighted by atomic mass is 9.95. The van der Waals surface area contributed by atoms with E-state index >= 15 is 0 Å². The number of carbonyl (C=O) groups excluding carboxylic acids is 2. The van der Waals surface area contributed by atoms with Crippen molar-refractivity contribution >= 4 is 12.0 Å². The lowest BCUT2D eigenvalue weighted by Gasteiger charge is -2.29. The van der Waals surface area contributed by atoms with Crippen LogP contribution in [0.5, 0.6) is 17.2 Å². The Hall–Kier alpha value is -2.94. The molecule has 1 atom stereocenters. The summed E-state index contributed by atoms with van der Waals surface area (Å²) >= 11 is 0. The van der Waals surface area contributed by atoms with Crippen molar-refractivity contribution in [2.45, 2.75) is 32.9 Å². The van der Waals surface area contributed by atoms with Gasteiger partial charge >= 0.3 is 12.0 Å². The number of methoxy groups -OCH3 is 3. The number of ether oxygens (including phenoxy) is 5. The molecule has 1 heterocycles. The van der Waals surface area contributed by atoms with Crippen LogP contribution in [-0.4, -0.2) is 52.6 Å². The van der Waals surface area contributed by atoms with Gasteiger partial charge in [0.05, 0.1) is 45.7 Å². The number of esters is 1. The van der Waals surface area contributed by atoms with E-state index in [4.69, 9.17) is 23.7 Å². The van der Waals surface area contributed by atoms with Gasteiger partial charge in [0, 0.05) is 5.70 Å². The number of urea groups is 1. The van der Waals surface area contributed by atoms with Crippen molar-refractivity contribution in [3.05, 3.63) is 29.0 Å². The van der Waals surface area contributed by atoms with E-state index in [1.165, 1.54) is 21.3 Å². The Labute approximate surface area is 170 Å². The van der Waals surface area contributed by atoms with E-state index in [9.17, 15) is 9.59 Å². The van der Waals surface area contributed by atoms with Crippen LogP contribution in [0.2, 0.25) is 0 Å². The molecule has 1 aliphatic rings. The zero-order valence-corrected chi connectivity index (χ0v) is 17.6. The van der Waals surface area contributed by atoms with Gasteiger partial charge in [-0.25, -0.2) is 9.59 Å². The molecular weight excluding hydrogens is 380 g/mol. The Morgan fingerprint density at radius 2 is 1.69 bits per heavy atom. The molecule has 0 radical (unpaired) electrons. The molecule has 2 rings (SSSR count). The zero-order chi connectivity index (χ0) is 21.6. The van der Waals surface area contributed by atoms with E-state index in [0.717, 1.165) is 0 Å². The van der Waals surface area contributed by atoms with Crippen LogP contribution in [0.25, 0.3) is 0 Å². The molecule has 9 heteroatoms. The van der Waals surface area contributed by atoms with Crippen molar-refractivity contribution in [1.29, 1.82) is 0 Å². The third-order valence-electron chi connectivity index (χ3n) is 4.28. The van der Waals surface area contributed by atoms with Crippen LogP contribution < -0.4 is 24.8 Å². The van der Waals surface area contributed by atoms with E-state index in [2.05, 4.69) is 10.6 Å². The summed E-state index contributed by atoms with van der Waals surface area (Å²) in [5.41, 5.74) is 1.27. The van der Waals surface area contributed by atoms with Crippen molar-refractivity contribution in [1.82, 2.24) is 10.6 Å². The van der Waals surface area contributed by atoms with Crippen molar-refractivity contribution in [3.8, 4) is 17.2 Å². The molecule has 0 aliphatic carbocycles. The molecule has 160 valence electrons. The van der Waals surface area contributed by atoms with Gasteiger partial charge in [0.1, 0.15) is 6.61 Å². The quantitative estimate of drug-likeness (QED) is 0.477. The number of carbonyl (C=O) groups is 2. The number of rotatable bonds is 9. The number of hydrogen-bond donors (Lipinski definition) is 2. The second-order valence-electron chi connectivity index (χ2n) is 6.58. The molecule has 0 saturated heterocycles. The van der Waals surface area contributed by atoms with Crippen LogP contribution in [0, 0.1) is 0 Å². The predicted molar refractivity (Wildman–Crippen MR) is 105 cm³/mol. The molecular formula is C20H28N2O7. The third-order valence-corrected chi connectivity index (χ3v) is 4.28. The Bertz CT molecular complexity index is 764. The van der Waals surface area contributed by atoms with Gasteiger partial charge < -0.3 is 34.3 Å². The van der Waals surface area contributed by atoms with Gasteiger partial charge in [0.15, 0.2) is 11.5 Å². The van der Waals surface area contributed by atoms with Gasteiger partial charge in [-0.1, -0.05) is 0 Å². The van der Waals surface area contributed by atoms with Crippen molar-refractivity contribution < 1.29 is 33.3 Å². The van der Waals surface area contributed by atoms with E-state index in [1.807, 2.05) is 13.8 Å². The lowest BCUT2D eigenvalue weighted by molar-refractivity contribution is -0.141. The highest BCUT2D eigenvalue weighted by Gasteiger charge is 2.33. The van der Waals surface area contributed by atoms with Crippen LogP contribution in [-0.2, 0) is 14.3 Å². The maximum absolute atomic E-state index is 12.8. The molecule has 0 saturated carbocycles. The average molecular weight is 408 g/mol. The first-order chi connectivity index (χ1) is 13.8. The molecule has 0 unspecified atom stereocenters. The second-order valence-corrected chi connectivity index (χ2v) is 6.58. The first-order valence-electron chi connectivity index (χ1n) is 9.19. The highest BCUT2D eigenvalue weighted by atomic mass is 16.6. The number of allylic oxidation sites excluding steroid dienone is 1. The standard InChI is InChI=1S/C20H28N2O7/c1-11(2)28-7-8-29-19(23)16-12(3)21-20(24)22-17(16)13-9-14(25-4)18(27-6)15(10-13)26-5/h9-11,17H,7-8H2,1-6H3,(H2,21,22,24)/t17-/m1/s1. The molecule has 1 aliphatic heterocycles. The Morgan fingerprint density at radius 3 is 2.21 bits per heavy atom. The summed E-state index contributed by atoms with van der Waals surface area (Å²) in [5, 5.41) is 5.36. The molecule has 2 N–H and O–H groups in total.